The normalized spacial score (nSPS) is 19.7. The summed E-state index contributed by atoms with van der Waals surface area (Å²) in [5.41, 5.74) is -0.590. The molecule has 0 unspecified atom stereocenters. The molecule has 7 nitrogen and oxygen atoms in total. The molecule has 27 heavy (non-hydrogen) atoms. The Morgan fingerprint density at radius 2 is 1.96 bits per heavy atom. The van der Waals surface area contributed by atoms with Gasteiger partial charge >= 0.3 is 6.18 Å². The van der Waals surface area contributed by atoms with Crippen molar-refractivity contribution in [3.63, 3.8) is 0 Å². The molecule has 2 fully saturated rings. The zero-order valence-corrected chi connectivity index (χ0v) is 14.9. The minimum absolute atomic E-state index is 0.134. The van der Waals surface area contributed by atoms with Crippen LogP contribution in [0.15, 0.2) is 18.6 Å². The Morgan fingerprint density at radius 3 is 2.63 bits per heavy atom. The first-order chi connectivity index (χ1) is 12.8. The summed E-state index contributed by atoms with van der Waals surface area (Å²) >= 11 is 0. The molecule has 4 rings (SSSR count). The second kappa shape index (κ2) is 6.66. The molecule has 2 aromatic rings. The van der Waals surface area contributed by atoms with Gasteiger partial charge in [-0.1, -0.05) is 0 Å². The summed E-state index contributed by atoms with van der Waals surface area (Å²) in [4.78, 5) is 7.91. The molecule has 0 atom stereocenters. The number of halogens is 3. The van der Waals surface area contributed by atoms with Gasteiger partial charge in [0.25, 0.3) is 0 Å². The van der Waals surface area contributed by atoms with E-state index in [-0.39, 0.29) is 23.3 Å². The number of alkyl halides is 3. The predicted molar refractivity (Wildman–Crippen MR) is 92.9 cm³/mol. The van der Waals surface area contributed by atoms with Gasteiger partial charge in [-0.2, -0.15) is 23.3 Å². The second-order valence-corrected chi connectivity index (χ2v) is 7.32. The van der Waals surface area contributed by atoms with E-state index >= 15 is 0 Å². The van der Waals surface area contributed by atoms with Crippen LogP contribution >= 0.6 is 0 Å². The Kier molecular flexibility index (Phi) is 4.45. The quantitative estimate of drug-likeness (QED) is 0.820. The van der Waals surface area contributed by atoms with Crippen LogP contribution in [-0.2, 0) is 10.9 Å². The van der Waals surface area contributed by atoms with Crippen LogP contribution in [0.2, 0.25) is 0 Å². The van der Waals surface area contributed by atoms with Crippen molar-refractivity contribution in [1.29, 1.82) is 0 Å². The Balaban J connectivity index is 1.57. The van der Waals surface area contributed by atoms with E-state index in [1.807, 2.05) is 6.92 Å². The zero-order valence-electron chi connectivity index (χ0n) is 14.9. The van der Waals surface area contributed by atoms with Gasteiger partial charge in [0.15, 0.2) is 0 Å². The van der Waals surface area contributed by atoms with E-state index in [1.54, 1.807) is 10.9 Å². The molecule has 0 spiro atoms. The van der Waals surface area contributed by atoms with Crippen LogP contribution in [0.25, 0.3) is 0 Å². The van der Waals surface area contributed by atoms with Crippen molar-refractivity contribution >= 4 is 17.5 Å². The average molecular weight is 382 g/mol. The van der Waals surface area contributed by atoms with Gasteiger partial charge in [0, 0.05) is 31.1 Å². The third-order valence-electron chi connectivity index (χ3n) is 4.94. The SMILES string of the molecule is CC1(Nc2ncc(C(F)(F)F)c(Nc3cnn(C4CCOCC4)c3)n2)CC1. The van der Waals surface area contributed by atoms with Crippen LogP contribution in [0, 0.1) is 0 Å². The van der Waals surface area contributed by atoms with E-state index in [9.17, 15) is 13.2 Å². The molecule has 0 radical (unpaired) electrons. The molecule has 2 aliphatic rings. The van der Waals surface area contributed by atoms with Gasteiger partial charge in [0.05, 0.1) is 17.9 Å². The van der Waals surface area contributed by atoms with Gasteiger partial charge in [-0.25, -0.2) is 4.98 Å². The summed E-state index contributed by atoms with van der Waals surface area (Å²) in [5.74, 6) is -0.0990. The van der Waals surface area contributed by atoms with Crippen LogP contribution < -0.4 is 10.6 Å². The van der Waals surface area contributed by atoms with E-state index < -0.39 is 11.7 Å². The fourth-order valence-electron chi connectivity index (χ4n) is 3.02. The fourth-order valence-corrected chi connectivity index (χ4v) is 3.02. The lowest BCUT2D eigenvalue weighted by molar-refractivity contribution is -0.137. The third kappa shape index (κ3) is 4.15. The maximum absolute atomic E-state index is 13.4. The van der Waals surface area contributed by atoms with Gasteiger partial charge < -0.3 is 15.4 Å². The number of nitrogens with zero attached hydrogens (tertiary/aromatic N) is 4. The van der Waals surface area contributed by atoms with Crippen molar-refractivity contribution in [2.75, 3.05) is 23.8 Å². The third-order valence-corrected chi connectivity index (χ3v) is 4.94. The summed E-state index contributed by atoms with van der Waals surface area (Å²) in [6.07, 6.45) is 3.01. The maximum Gasteiger partial charge on any atom is 0.421 e. The predicted octanol–water partition coefficient (Wildman–Crippen LogP) is 3.75. The van der Waals surface area contributed by atoms with E-state index in [4.69, 9.17) is 4.74 Å². The van der Waals surface area contributed by atoms with Crippen molar-refractivity contribution in [1.82, 2.24) is 19.7 Å². The molecule has 1 aliphatic carbocycles. The largest absolute Gasteiger partial charge is 0.421 e. The van der Waals surface area contributed by atoms with Gasteiger partial charge in [-0.15, -0.1) is 0 Å². The zero-order chi connectivity index (χ0) is 19.1. The lowest BCUT2D eigenvalue weighted by Crippen LogP contribution is -2.20. The Labute approximate surface area is 154 Å². The smallest absolute Gasteiger partial charge is 0.381 e. The number of aromatic nitrogens is 4. The first kappa shape index (κ1) is 18.0. The topological polar surface area (TPSA) is 76.9 Å². The van der Waals surface area contributed by atoms with Crippen LogP contribution in [-0.4, -0.2) is 38.5 Å². The highest BCUT2D eigenvalue weighted by molar-refractivity contribution is 5.60. The fraction of sp³-hybridized carbons (Fsp3) is 0.588. The van der Waals surface area contributed by atoms with E-state index in [0.29, 0.717) is 18.9 Å². The summed E-state index contributed by atoms with van der Waals surface area (Å²) in [6, 6.07) is 0.189. The van der Waals surface area contributed by atoms with Crippen LogP contribution in [0.3, 0.4) is 0 Å². The molecular formula is C17H21F3N6O. The number of anilines is 3. The molecule has 2 N–H and O–H groups in total. The maximum atomic E-state index is 13.4. The second-order valence-electron chi connectivity index (χ2n) is 7.32. The number of nitrogens with one attached hydrogen (secondary N) is 2. The minimum Gasteiger partial charge on any atom is -0.381 e. The lowest BCUT2D eigenvalue weighted by Gasteiger charge is -2.22. The lowest BCUT2D eigenvalue weighted by atomic mass is 10.1. The van der Waals surface area contributed by atoms with Crippen molar-refractivity contribution in [2.45, 2.75) is 50.4 Å². The molecule has 1 aliphatic heterocycles. The molecule has 0 amide bonds. The van der Waals surface area contributed by atoms with Crippen molar-refractivity contribution in [3.8, 4) is 0 Å². The highest BCUT2D eigenvalue weighted by Crippen LogP contribution is 2.39. The molecule has 146 valence electrons. The van der Waals surface area contributed by atoms with Crippen molar-refractivity contribution in [2.24, 2.45) is 0 Å². The van der Waals surface area contributed by atoms with Crippen LogP contribution in [0.4, 0.5) is 30.6 Å². The molecule has 0 aromatic carbocycles. The summed E-state index contributed by atoms with van der Waals surface area (Å²) in [7, 11) is 0. The number of rotatable bonds is 5. The Morgan fingerprint density at radius 1 is 1.22 bits per heavy atom. The molecular weight excluding hydrogens is 361 g/mol. The monoisotopic (exact) mass is 382 g/mol. The standard InChI is InChI=1S/C17H21F3N6O/c1-16(4-5-16)25-15-21-9-13(17(18,19)20)14(24-15)23-11-8-22-26(10-11)12-2-6-27-7-3-12/h8-10,12H,2-7H2,1H3,(H2,21,23,24,25). The summed E-state index contributed by atoms with van der Waals surface area (Å²) in [5, 5.41) is 10.1. The van der Waals surface area contributed by atoms with Gasteiger partial charge in [0.1, 0.15) is 11.4 Å². The van der Waals surface area contributed by atoms with E-state index in [2.05, 4.69) is 25.7 Å². The summed E-state index contributed by atoms with van der Waals surface area (Å²) in [6.45, 7) is 3.30. The van der Waals surface area contributed by atoms with E-state index in [1.165, 1.54) is 6.20 Å². The van der Waals surface area contributed by atoms with Crippen LogP contribution in [0.5, 0.6) is 0 Å². The first-order valence-electron chi connectivity index (χ1n) is 8.94. The highest BCUT2D eigenvalue weighted by atomic mass is 19.4. The summed E-state index contributed by atoms with van der Waals surface area (Å²) < 4.78 is 47.2. The molecule has 1 saturated heterocycles. The Bertz CT molecular complexity index is 811. The number of hydrogen-bond donors (Lipinski definition) is 2. The van der Waals surface area contributed by atoms with Gasteiger partial charge in [-0.05, 0) is 32.6 Å². The molecule has 3 heterocycles. The molecule has 2 aromatic heterocycles. The number of hydrogen-bond acceptors (Lipinski definition) is 6. The molecule has 1 saturated carbocycles. The first-order valence-corrected chi connectivity index (χ1v) is 8.94. The van der Waals surface area contributed by atoms with Crippen molar-refractivity contribution in [3.05, 3.63) is 24.2 Å². The van der Waals surface area contributed by atoms with Crippen LogP contribution in [0.1, 0.15) is 44.2 Å². The highest BCUT2D eigenvalue weighted by Gasteiger charge is 2.39. The van der Waals surface area contributed by atoms with E-state index in [0.717, 1.165) is 31.9 Å². The van der Waals surface area contributed by atoms with Gasteiger partial charge in [0.2, 0.25) is 5.95 Å². The average Bonchev–Trinajstić information content (AvgIpc) is 3.16. The number of ether oxygens (including phenoxy) is 1. The Hall–Kier alpha value is -2.36. The van der Waals surface area contributed by atoms with Gasteiger partial charge in [-0.3, -0.25) is 4.68 Å². The molecule has 10 heteroatoms. The molecule has 0 bridgehead atoms. The minimum atomic E-state index is -4.55. The van der Waals surface area contributed by atoms with Crippen molar-refractivity contribution < 1.29 is 17.9 Å².